The van der Waals surface area contributed by atoms with E-state index in [2.05, 4.69) is 20.1 Å². The molecule has 3 N–H and O–H groups in total. The summed E-state index contributed by atoms with van der Waals surface area (Å²) in [6, 6.07) is 0.511. The lowest BCUT2D eigenvalue weighted by Crippen LogP contribution is -2.40. The summed E-state index contributed by atoms with van der Waals surface area (Å²) in [5, 5.41) is 6.30. The highest BCUT2D eigenvalue weighted by atomic mass is 16.2. The van der Waals surface area contributed by atoms with Gasteiger partial charge in [0.05, 0.1) is 0 Å². The molecular weight excluding hydrogens is 232 g/mol. The van der Waals surface area contributed by atoms with E-state index in [0.717, 1.165) is 26.1 Å². The predicted octanol–water partition coefficient (Wildman–Crippen LogP) is -0.303. The number of carbonyl (C=O) groups is 1. The van der Waals surface area contributed by atoms with Gasteiger partial charge in [0, 0.05) is 25.7 Å². The Balaban J connectivity index is 1.73. The van der Waals surface area contributed by atoms with E-state index < -0.39 is 0 Å². The molecule has 1 aromatic rings. The lowest BCUT2D eigenvalue weighted by molar-refractivity contribution is 0.0731. The number of aromatic amines is 1. The van der Waals surface area contributed by atoms with Gasteiger partial charge in [-0.25, -0.2) is 0 Å². The second kappa shape index (κ2) is 4.56. The van der Waals surface area contributed by atoms with Crippen LogP contribution in [0.4, 0.5) is 5.95 Å². The molecule has 3 rings (SSSR count). The van der Waals surface area contributed by atoms with Crippen molar-refractivity contribution in [2.75, 3.05) is 31.9 Å². The zero-order valence-electron chi connectivity index (χ0n) is 10.3. The fourth-order valence-corrected chi connectivity index (χ4v) is 2.91. The smallest absolute Gasteiger partial charge is 0.291 e. The first-order valence-electron chi connectivity index (χ1n) is 6.45. The van der Waals surface area contributed by atoms with Crippen LogP contribution < -0.4 is 5.73 Å². The van der Waals surface area contributed by atoms with Gasteiger partial charge in [0.15, 0.2) is 0 Å². The number of hydrogen-bond donors (Lipinski definition) is 2. The van der Waals surface area contributed by atoms with Gasteiger partial charge in [-0.3, -0.25) is 14.8 Å². The number of H-pyrrole nitrogens is 1. The highest BCUT2D eigenvalue weighted by molar-refractivity contribution is 5.90. The van der Waals surface area contributed by atoms with Gasteiger partial charge >= 0.3 is 0 Å². The second-order valence-electron chi connectivity index (χ2n) is 4.98. The van der Waals surface area contributed by atoms with E-state index in [1.54, 1.807) is 0 Å². The molecule has 2 fully saturated rings. The minimum Gasteiger partial charge on any atom is -0.366 e. The Morgan fingerprint density at radius 1 is 1.33 bits per heavy atom. The van der Waals surface area contributed by atoms with E-state index in [9.17, 15) is 4.79 Å². The largest absolute Gasteiger partial charge is 0.366 e. The van der Waals surface area contributed by atoms with E-state index >= 15 is 0 Å². The molecule has 7 heteroatoms. The molecule has 0 saturated carbocycles. The molecule has 2 aliphatic rings. The van der Waals surface area contributed by atoms with Gasteiger partial charge < -0.3 is 10.6 Å². The fourth-order valence-electron chi connectivity index (χ4n) is 2.91. The number of amides is 1. The van der Waals surface area contributed by atoms with E-state index in [1.165, 1.54) is 19.4 Å². The number of rotatable bonds is 1. The average molecular weight is 250 g/mol. The second-order valence-corrected chi connectivity index (χ2v) is 4.98. The summed E-state index contributed by atoms with van der Waals surface area (Å²) in [5.41, 5.74) is 5.43. The Hall–Kier alpha value is -1.63. The summed E-state index contributed by atoms with van der Waals surface area (Å²) in [6.07, 6.45) is 3.44. The molecule has 0 radical (unpaired) electrons. The maximum atomic E-state index is 12.3. The summed E-state index contributed by atoms with van der Waals surface area (Å²) in [6.45, 7) is 3.83. The maximum Gasteiger partial charge on any atom is 0.291 e. The van der Waals surface area contributed by atoms with Crippen LogP contribution in [0.3, 0.4) is 0 Å². The molecule has 0 aromatic carbocycles. The first kappa shape index (κ1) is 11.5. The van der Waals surface area contributed by atoms with Crippen LogP contribution in [0.15, 0.2) is 0 Å². The summed E-state index contributed by atoms with van der Waals surface area (Å²) in [5.74, 6) is 0.280. The topological polar surface area (TPSA) is 91.1 Å². The van der Waals surface area contributed by atoms with Crippen LogP contribution in [-0.4, -0.2) is 63.1 Å². The molecule has 1 atom stereocenters. The monoisotopic (exact) mass is 250 g/mol. The lowest BCUT2D eigenvalue weighted by atomic mass is 10.2. The van der Waals surface area contributed by atoms with Crippen molar-refractivity contribution in [1.29, 1.82) is 0 Å². The molecule has 1 unspecified atom stereocenters. The first-order chi connectivity index (χ1) is 8.74. The van der Waals surface area contributed by atoms with Crippen LogP contribution in [0.2, 0.25) is 0 Å². The highest BCUT2D eigenvalue weighted by Gasteiger charge is 2.31. The Kier molecular flexibility index (Phi) is 2.91. The van der Waals surface area contributed by atoms with Gasteiger partial charge in [-0.1, -0.05) is 0 Å². The van der Waals surface area contributed by atoms with Crippen molar-refractivity contribution in [3.63, 3.8) is 0 Å². The number of carbonyl (C=O) groups excluding carboxylic acids is 1. The third-order valence-electron chi connectivity index (χ3n) is 3.80. The Labute approximate surface area is 105 Å². The van der Waals surface area contributed by atoms with Gasteiger partial charge in [-0.2, -0.15) is 4.98 Å². The number of fused-ring (bicyclic) bond motifs is 1. The number of nitrogen functional groups attached to an aromatic ring is 1. The van der Waals surface area contributed by atoms with Gasteiger partial charge in [0.1, 0.15) is 0 Å². The molecule has 18 heavy (non-hydrogen) atoms. The number of nitrogens with one attached hydrogen (secondary N) is 1. The Morgan fingerprint density at radius 2 is 2.17 bits per heavy atom. The van der Waals surface area contributed by atoms with E-state index in [0.29, 0.717) is 6.04 Å². The quantitative estimate of drug-likeness (QED) is 0.714. The SMILES string of the molecule is Nc1n[nH]c(C(=O)N2CCCN3CCCC3C2)n1. The van der Waals surface area contributed by atoms with Gasteiger partial charge in [0.2, 0.25) is 11.8 Å². The van der Waals surface area contributed by atoms with Crippen LogP contribution in [0.5, 0.6) is 0 Å². The standard InChI is InChI=1S/C11H18N6O/c12-11-13-9(14-15-11)10(18)17-6-2-5-16-4-1-3-8(16)7-17/h8H,1-7H2,(H3,12,13,14,15). The van der Waals surface area contributed by atoms with Crippen molar-refractivity contribution in [3.05, 3.63) is 5.82 Å². The predicted molar refractivity (Wildman–Crippen MR) is 65.9 cm³/mol. The summed E-state index contributed by atoms with van der Waals surface area (Å²) in [4.78, 5) is 20.5. The number of aromatic nitrogens is 3. The zero-order valence-corrected chi connectivity index (χ0v) is 10.3. The van der Waals surface area contributed by atoms with Crippen molar-refractivity contribution in [1.82, 2.24) is 25.0 Å². The van der Waals surface area contributed by atoms with Gasteiger partial charge in [-0.05, 0) is 25.8 Å². The fraction of sp³-hybridized carbons (Fsp3) is 0.727. The molecule has 7 nitrogen and oxygen atoms in total. The Morgan fingerprint density at radius 3 is 2.94 bits per heavy atom. The third-order valence-corrected chi connectivity index (χ3v) is 3.80. The minimum absolute atomic E-state index is 0.0899. The molecule has 1 aromatic heterocycles. The van der Waals surface area contributed by atoms with Crippen molar-refractivity contribution < 1.29 is 4.79 Å². The molecule has 98 valence electrons. The van der Waals surface area contributed by atoms with E-state index in [1.807, 2.05) is 4.90 Å². The number of hydrogen-bond acceptors (Lipinski definition) is 5. The Bertz CT molecular complexity index is 444. The molecular formula is C11H18N6O. The molecule has 0 bridgehead atoms. The van der Waals surface area contributed by atoms with Crippen LogP contribution in [0.25, 0.3) is 0 Å². The van der Waals surface area contributed by atoms with Crippen molar-refractivity contribution in [2.24, 2.45) is 0 Å². The minimum atomic E-state index is -0.0899. The van der Waals surface area contributed by atoms with Crippen LogP contribution in [-0.2, 0) is 0 Å². The lowest BCUT2D eigenvalue weighted by Gasteiger charge is -2.24. The molecule has 2 aliphatic heterocycles. The average Bonchev–Trinajstić information content (AvgIpc) is 2.93. The molecule has 0 spiro atoms. The summed E-state index contributed by atoms with van der Waals surface area (Å²) < 4.78 is 0. The zero-order chi connectivity index (χ0) is 12.5. The molecule has 2 saturated heterocycles. The van der Waals surface area contributed by atoms with Crippen LogP contribution >= 0.6 is 0 Å². The van der Waals surface area contributed by atoms with Crippen LogP contribution in [0.1, 0.15) is 29.9 Å². The first-order valence-corrected chi connectivity index (χ1v) is 6.45. The molecule has 0 aliphatic carbocycles. The van der Waals surface area contributed by atoms with Crippen molar-refractivity contribution in [2.45, 2.75) is 25.3 Å². The highest BCUT2D eigenvalue weighted by Crippen LogP contribution is 2.21. The normalized spacial score (nSPS) is 24.9. The number of nitrogens with two attached hydrogens (primary N) is 1. The number of anilines is 1. The van der Waals surface area contributed by atoms with Gasteiger partial charge in [0.25, 0.3) is 5.91 Å². The van der Waals surface area contributed by atoms with Crippen LogP contribution in [0, 0.1) is 0 Å². The molecule has 3 heterocycles. The summed E-state index contributed by atoms with van der Waals surface area (Å²) in [7, 11) is 0. The maximum absolute atomic E-state index is 12.3. The summed E-state index contributed by atoms with van der Waals surface area (Å²) >= 11 is 0. The van der Waals surface area contributed by atoms with E-state index in [-0.39, 0.29) is 17.7 Å². The third kappa shape index (κ3) is 2.05. The van der Waals surface area contributed by atoms with Crippen molar-refractivity contribution in [3.8, 4) is 0 Å². The van der Waals surface area contributed by atoms with Crippen molar-refractivity contribution >= 4 is 11.9 Å². The number of nitrogens with zero attached hydrogens (tertiary/aromatic N) is 4. The van der Waals surface area contributed by atoms with E-state index in [4.69, 9.17) is 5.73 Å². The molecule has 1 amide bonds. The van der Waals surface area contributed by atoms with Gasteiger partial charge in [-0.15, -0.1) is 5.10 Å².